The Morgan fingerprint density at radius 2 is 1.50 bits per heavy atom. The molecule has 0 amide bonds. The minimum absolute atomic E-state index is 1.04. The molecule has 0 unspecified atom stereocenters. The zero-order valence-corrected chi connectivity index (χ0v) is 31.0. The number of nitrogens with zero attached hydrogens (tertiary/aromatic N) is 2. The van der Waals surface area contributed by atoms with E-state index in [1.807, 2.05) is 6.92 Å². The summed E-state index contributed by atoms with van der Waals surface area (Å²) in [7, 11) is 0. The van der Waals surface area contributed by atoms with Gasteiger partial charge >= 0.3 is 0 Å². The van der Waals surface area contributed by atoms with Crippen LogP contribution in [-0.4, -0.2) is 15.5 Å². The van der Waals surface area contributed by atoms with Crippen LogP contribution in [0.5, 0.6) is 0 Å². The summed E-state index contributed by atoms with van der Waals surface area (Å²) in [6.07, 6.45) is 28.4. The van der Waals surface area contributed by atoms with Crippen molar-refractivity contribution >= 4 is 56.1 Å². The van der Waals surface area contributed by atoms with Crippen LogP contribution in [0.25, 0.3) is 49.7 Å². The number of allylic oxidation sites excluding steroid dienone is 13. The van der Waals surface area contributed by atoms with Crippen LogP contribution in [0.2, 0.25) is 0 Å². The molecule has 0 saturated heterocycles. The lowest BCUT2D eigenvalue weighted by Crippen LogP contribution is -2.11. The van der Waals surface area contributed by atoms with E-state index in [0.29, 0.717) is 0 Å². The Hall–Kier alpha value is -6.45. The average molecular weight is 699 g/mol. The Labute approximate surface area is 318 Å². The van der Waals surface area contributed by atoms with Gasteiger partial charge in [0, 0.05) is 34.9 Å². The van der Waals surface area contributed by atoms with E-state index < -0.39 is 0 Å². The van der Waals surface area contributed by atoms with Gasteiger partial charge in [0.15, 0.2) is 11.9 Å². The molecule has 3 nitrogen and oxygen atoms in total. The summed E-state index contributed by atoms with van der Waals surface area (Å²) in [5.41, 5.74) is 21.2. The number of nitrogens with one attached hydrogen (secondary N) is 1. The van der Waals surface area contributed by atoms with Crippen LogP contribution in [0.1, 0.15) is 61.8 Å². The molecule has 1 aromatic heterocycles. The number of rotatable bonds is 8. The quantitative estimate of drug-likeness (QED) is 0.124. The zero-order valence-electron chi connectivity index (χ0n) is 31.0. The first-order valence-electron chi connectivity index (χ1n) is 19.2. The highest BCUT2D eigenvalue weighted by Crippen LogP contribution is 2.45. The van der Waals surface area contributed by atoms with Crippen molar-refractivity contribution in [3.05, 3.63) is 198 Å². The van der Waals surface area contributed by atoms with Gasteiger partial charge in [0.2, 0.25) is 5.69 Å². The van der Waals surface area contributed by atoms with Gasteiger partial charge in [-0.25, -0.2) is 0 Å². The second kappa shape index (κ2) is 14.5. The molecule has 54 heavy (non-hydrogen) atoms. The van der Waals surface area contributed by atoms with Crippen molar-refractivity contribution in [2.45, 2.75) is 39.5 Å². The second-order valence-corrected chi connectivity index (χ2v) is 14.1. The van der Waals surface area contributed by atoms with Gasteiger partial charge in [-0.1, -0.05) is 115 Å². The third-order valence-corrected chi connectivity index (χ3v) is 10.9. The van der Waals surface area contributed by atoms with E-state index in [4.69, 9.17) is 0 Å². The summed E-state index contributed by atoms with van der Waals surface area (Å²) in [4.78, 5) is 0. The van der Waals surface area contributed by atoms with Crippen LogP contribution in [-0.2, 0) is 0 Å². The molecule has 2 aliphatic carbocycles. The van der Waals surface area contributed by atoms with E-state index in [-0.39, 0.29) is 0 Å². The first kappa shape index (κ1) is 33.4. The third-order valence-electron chi connectivity index (χ3n) is 10.9. The van der Waals surface area contributed by atoms with Gasteiger partial charge in [-0.3, -0.25) is 10.1 Å². The van der Waals surface area contributed by atoms with E-state index in [0.717, 1.165) is 42.4 Å². The van der Waals surface area contributed by atoms with Crippen molar-refractivity contribution in [1.29, 1.82) is 0 Å². The lowest BCUT2D eigenvalue weighted by Gasteiger charge is -2.20. The van der Waals surface area contributed by atoms with Crippen molar-refractivity contribution in [2.24, 2.45) is 0 Å². The highest BCUT2D eigenvalue weighted by molar-refractivity contribution is 6.10. The van der Waals surface area contributed by atoms with E-state index >= 15 is 0 Å². The molecule has 2 heterocycles. The molecule has 3 aliphatic rings. The summed E-state index contributed by atoms with van der Waals surface area (Å²) in [5, 5.41) is 2.45. The lowest BCUT2D eigenvalue weighted by atomic mass is 9.91. The fourth-order valence-corrected chi connectivity index (χ4v) is 8.31. The van der Waals surface area contributed by atoms with Crippen LogP contribution < -0.4 is 5.43 Å². The number of benzene rings is 5. The summed E-state index contributed by atoms with van der Waals surface area (Å²) in [6, 6.07) is 40.3. The molecule has 5 aromatic carbocycles. The second-order valence-electron chi connectivity index (χ2n) is 14.1. The van der Waals surface area contributed by atoms with Gasteiger partial charge < -0.3 is 0 Å². The lowest BCUT2D eigenvalue weighted by molar-refractivity contribution is -0.375. The SMILES string of the molecule is C/C=C\C=C/C=[N+]1C2=C(C=CCC2)c2cc(-c3ccc4c(c3)c3ccccc3n4Nc3ccc(C4=CC=CCC4)cc3/C(=C\C)c3ccccc3)ccc21. The number of anilines is 1. The molecule has 0 bridgehead atoms. The Morgan fingerprint density at radius 3 is 2.35 bits per heavy atom. The van der Waals surface area contributed by atoms with Crippen molar-refractivity contribution < 1.29 is 4.58 Å². The van der Waals surface area contributed by atoms with Crippen LogP contribution in [0.15, 0.2) is 176 Å². The van der Waals surface area contributed by atoms with Crippen LogP contribution in [0.3, 0.4) is 0 Å². The Bertz CT molecular complexity index is 2680. The molecule has 262 valence electrons. The highest BCUT2D eigenvalue weighted by atomic mass is 15.4. The topological polar surface area (TPSA) is 20.0 Å². The summed E-state index contributed by atoms with van der Waals surface area (Å²) in [6.45, 7) is 4.19. The molecule has 0 saturated carbocycles. The van der Waals surface area contributed by atoms with Crippen molar-refractivity contribution in [1.82, 2.24) is 4.68 Å². The number of aromatic nitrogens is 1. The van der Waals surface area contributed by atoms with Crippen LogP contribution in [0, 0.1) is 0 Å². The number of fused-ring (bicyclic) bond motifs is 5. The number of hydrogen-bond donors (Lipinski definition) is 1. The maximum Gasteiger partial charge on any atom is 0.219 e. The molecular weight excluding hydrogens is 655 g/mol. The molecule has 0 atom stereocenters. The highest BCUT2D eigenvalue weighted by Gasteiger charge is 2.34. The van der Waals surface area contributed by atoms with Gasteiger partial charge in [-0.15, -0.1) is 0 Å². The Kier molecular flexibility index (Phi) is 8.98. The molecule has 3 heteroatoms. The maximum atomic E-state index is 3.92. The van der Waals surface area contributed by atoms with Crippen LogP contribution in [0.4, 0.5) is 11.4 Å². The van der Waals surface area contributed by atoms with E-state index in [1.54, 1.807) is 0 Å². The predicted molar refractivity (Wildman–Crippen MR) is 231 cm³/mol. The summed E-state index contributed by atoms with van der Waals surface area (Å²) in [5.74, 6) is 0. The number of hydrogen-bond acceptors (Lipinski definition) is 1. The zero-order chi connectivity index (χ0) is 36.4. The number of para-hydroxylation sites is 1. The van der Waals surface area contributed by atoms with Crippen molar-refractivity contribution in [2.75, 3.05) is 5.43 Å². The summed E-state index contributed by atoms with van der Waals surface area (Å²) < 4.78 is 4.65. The normalized spacial score (nSPS) is 16.3. The van der Waals surface area contributed by atoms with Gasteiger partial charge in [0.1, 0.15) is 0 Å². The molecule has 1 aliphatic heterocycles. The monoisotopic (exact) mass is 698 g/mol. The molecule has 1 N–H and O–H groups in total. The first-order chi connectivity index (χ1) is 26.7. The van der Waals surface area contributed by atoms with Crippen molar-refractivity contribution in [3.63, 3.8) is 0 Å². The maximum absolute atomic E-state index is 3.92. The van der Waals surface area contributed by atoms with Crippen LogP contribution >= 0.6 is 0 Å². The predicted octanol–water partition coefficient (Wildman–Crippen LogP) is 13.4. The summed E-state index contributed by atoms with van der Waals surface area (Å²) >= 11 is 0. The van der Waals surface area contributed by atoms with Crippen molar-refractivity contribution in [3.8, 4) is 11.1 Å². The van der Waals surface area contributed by atoms with E-state index in [1.165, 1.54) is 72.3 Å². The Morgan fingerprint density at radius 1 is 0.704 bits per heavy atom. The Balaban J connectivity index is 1.14. The van der Waals surface area contributed by atoms with Gasteiger partial charge in [-0.2, -0.15) is 4.58 Å². The molecule has 9 rings (SSSR count). The van der Waals surface area contributed by atoms with Gasteiger partial charge in [-0.05, 0) is 109 Å². The minimum Gasteiger partial charge on any atom is -0.293 e. The molecule has 0 fully saturated rings. The fraction of sp³-hybridized carbons (Fsp3) is 0.118. The molecule has 0 radical (unpaired) electrons. The fourth-order valence-electron chi connectivity index (χ4n) is 8.31. The first-order valence-corrected chi connectivity index (χ1v) is 19.2. The van der Waals surface area contributed by atoms with Gasteiger partial charge in [0.05, 0.1) is 27.9 Å². The smallest absolute Gasteiger partial charge is 0.219 e. The van der Waals surface area contributed by atoms with E-state index in [9.17, 15) is 0 Å². The molecular formula is C51H44N3+. The standard InChI is InChI=1S/C51H44N3/c1-3-5-6-17-32-53-48-24-15-13-22-42(48)45-34-39(27-30-49(45)53)40-28-31-51-46(35-40)43-23-14-16-25-50(43)54(51)52-47-29-26-38(36-18-9-7-10-19-36)33-44(47)41(4-2)37-20-11-8-12-21-37/h3-9,11-14,16-18,20-23,25-35,52H,10,15,19,24H2,1-2H3/q+1/b5-3-,17-6-,41-4-,53-32?. The largest absolute Gasteiger partial charge is 0.293 e. The van der Waals surface area contributed by atoms with Gasteiger partial charge in [0.25, 0.3) is 0 Å². The minimum atomic E-state index is 1.04. The molecule has 6 aromatic rings. The van der Waals surface area contributed by atoms with E-state index in [2.05, 4.69) is 198 Å². The third kappa shape index (κ3) is 6.02. The molecule has 0 spiro atoms. The average Bonchev–Trinajstić information content (AvgIpc) is 3.72.